The Morgan fingerprint density at radius 2 is 1.79 bits per heavy atom. The van der Waals surface area contributed by atoms with Gasteiger partial charge in [0, 0.05) is 15.1 Å². The Kier molecular flexibility index (Phi) is 5.11. The van der Waals surface area contributed by atoms with Crippen molar-refractivity contribution in [2.75, 3.05) is 0 Å². The molecule has 3 aromatic rings. The number of benzene rings is 2. The van der Waals surface area contributed by atoms with Crippen molar-refractivity contribution in [2.45, 2.75) is 0 Å². The lowest BCUT2D eigenvalue weighted by Gasteiger charge is -2.01. The zero-order valence-corrected chi connectivity index (χ0v) is 15.4. The van der Waals surface area contributed by atoms with E-state index in [2.05, 4.69) is 22.0 Å². The maximum Gasteiger partial charge on any atom is 0.136 e. The van der Waals surface area contributed by atoms with E-state index in [1.165, 1.54) is 0 Å². The molecule has 0 spiro atoms. The highest BCUT2D eigenvalue weighted by Crippen LogP contribution is 2.32. The molecule has 0 radical (unpaired) electrons. The molecule has 0 atom stereocenters. The first-order valence-electron chi connectivity index (χ1n) is 7.00. The van der Waals surface area contributed by atoms with Gasteiger partial charge in [0.1, 0.15) is 11.5 Å². The van der Waals surface area contributed by atoms with Gasteiger partial charge in [-0.2, -0.15) is 5.26 Å². The lowest BCUT2D eigenvalue weighted by atomic mass is 10.1. The zero-order valence-electron chi connectivity index (χ0n) is 12.3. The minimum atomic E-state index is 0.515. The summed E-state index contributed by atoms with van der Waals surface area (Å²) in [7, 11) is 0. The second-order valence-electron chi connectivity index (χ2n) is 5.00. The van der Waals surface area contributed by atoms with Crippen LogP contribution in [-0.4, -0.2) is 0 Å². The molecule has 0 amide bonds. The lowest BCUT2D eigenvalue weighted by Crippen LogP contribution is -1.80. The molecule has 0 saturated carbocycles. The van der Waals surface area contributed by atoms with E-state index < -0.39 is 0 Å². The average molecular weight is 419 g/mol. The largest absolute Gasteiger partial charge is 0.457 e. The summed E-state index contributed by atoms with van der Waals surface area (Å²) < 4.78 is 6.76. The van der Waals surface area contributed by atoms with E-state index in [-0.39, 0.29) is 0 Å². The fourth-order valence-corrected chi connectivity index (χ4v) is 2.98. The minimum absolute atomic E-state index is 0.515. The Morgan fingerprint density at radius 1 is 1.04 bits per heavy atom. The number of halogens is 3. The molecule has 0 fully saturated rings. The summed E-state index contributed by atoms with van der Waals surface area (Å²) in [5, 5.41) is 10.5. The van der Waals surface area contributed by atoms with Crippen molar-refractivity contribution in [2.24, 2.45) is 0 Å². The molecule has 1 heterocycles. The predicted octanol–water partition coefficient (Wildman–Crippen LogP) is 7.08. The van der Waals surface area contributed by atoms with Crippen molar-refractivity contribution in [3.8, 4) is 17.4 Å². The van der Waals surface area contributed by atoms with Gasteiger partial charge in [0.05, 0.1) is 16.7 Å². The number of hydrogen-bond donors (Lipinski definition) is 0. The molecular weight excluding hydrogens is 409 g/mol. The Bertz CT molecular complexity index is 952. The van der Waals surface area contributed by atoms with Gasteiger partial charge in [-0.3, -0.25) is 0 Å². The number of hydrogen-bond acceptors (Lipinski definition) is 2. The van der Waals surface area contributed by atoms with E-state index in [1.54, 1.807) is 30.3 Å². The number of furan rings is 1. The van der Waals surface area contributed by atoms with E-state index in [0.717, 1.165) is 15.6 Å². The van der Waals surface area contributed by atoms with Crippen LogP contribution in [0.1, 0.15) is 11.3 Å². The van der Waals surface area contributed by atoms with Crippen molar-refractivity contribution in [1.82, 2.24) is 0 Å². The van der Waals surface area contributed by atoms with Crippen molar-refractivity contribution in [3.63, 3.8) is 0 Å². The van der Waals surface area contributed by atoms with Crippen LogP contribution in [-0.2, 0) is 0 Å². The summed E-state index contributed by atoms with van der Waals surface area (Å²) in [6, 6.07) is 18.6. The number of allylic oxidation sites excluding steroid dienone is 1. The van der Waals surface area contributed by atoms with Gasteiger partial charge in [0.25, 0.3) is 0 Å². The maximum absolute atomic E-state index is 9.40. The van der Waals surface area contributed by atoms with E-state index in [4.69, 9.17) is 27.6 Å². The second kappa shape index (κ2) is 7.27. The summed E-state index contributed by atoms with van der Waals surface area (Å²) in [4.78, 5) is 0. The van der Waals surface area contributed by atoms with Crippen molar-refractivity contribution < 1.29 is 4.42 Å². The smallest absolute Gasteiger partial charge is 0.136 e. The molecule has 3 rings (SSSR count). The second-order valence-corrected chi connectivity index (χ2v) is 6.76. The molecule has 118 valence electrons. The van der Waals surface area contributed by atoms with Crippen LogP contribution in [0.15, 0.2) is 63.5 Å². The topological polar surface area (TPSA) is 36.9 Å². The zero-order chi connectivity index (χ0) is 17.1. The van der Waals surface area contributed by atoms with E-state index in [1.807, 2.05) is 30.3 Å². The van der Waals surface area contributed by atoms with Crippen LogP contribution in [0.3, 0.4) is 0 Å². The van der Waals surface area contributed by atoms with Gasteiger partial charge in [-0.1, -0.05) is 51.3 Å². The predicted molar refractivity (Wildman–Crippen MR) is 102 cm³/mol. The first-order chi connectivity index (χ1) is 11.6. The maximum atomic E-state index is 9.40. The van der Waals surface area contributed by atoms with E-state index in [0.29, 0.717) is 27.1 Å². The van der Waals surface area contributed by atoms with Gasteiger partial charge < -0.3 is 4.42 Å². The third-order valence-corrected chi connectivity index (χ3v) is 4.46. The molecule has 1 aromatic heterocycles. The fraction of sp³-hybridized carbons (Fsp3) is 0. The number of nitriles is 1. The van der Waals surface area contributed by atoms with Crippen LogP contribution in [0, 0.1) is 11.3 Å². The molecule has 5 heteroatoms. The van der Waals surface area contributed by atoms with Crippen LogP contribution < -0.4 is 0 Å². The third kappa shape index (κ3) is 3.73. The standard InChI is InChI=1S/C19H10BrCl2NO/c20-14-3-1-12(2-4-14)13(11-23)9-16-6-8-19(24-16)17-7-5-15(21)10-18(17)22/h1-10H/b13-9-. The number of nitrogens with zero attached hydrogens (tertiary/aromatic N) is 1. The lowest BCUT2D eigenvalue weighted by molar-refractivity contribution is 0.572. The first kappa shape index (κ1) is 16.9. The van der Waals surface area contributed by atoms with Crippen LogP contribution >= 0.6 is 39.1 Å². The molecule has 0 aliphatic rings. The van der Waals surface area contributed by atoms with Gasteiger partial charge in [0.2, 0.25) is 0 Å². The van der Waals surface area contributed by atoms with Crippen molar-refractivity contribution >= 4 is 50.8 Å². The molecule has 0 aliphatic carbocycles. The first-order valence-corrected chi connectivity index (χ1v) is 8.55. The highest BCUT2D eigenvalue weighted by Gasteiger charge is 2.09. The molecular formula is C19H10BrCl2NO. The van der Waals surface area contributed by atoms with Crippen LogP contribution in [0.2, 0.25) is 10.0 Å². The van der Waals surface area contributed by atoms with Gasteiger partial charge in [-0.15, -0.1) is 0 Å². The Labute approximate surface area is 158 Å². The quantitative estimate of drug-likeness (QED) is 0.426. The minimum Gasteiger partial charge on any atom is -0.457 e. The molecule has 24 heavy (non-hydrogen) atoms. The molecule has 0 unspecified atom stereocenters. The SMILES string of the molecule is N#C/C(=C/c1ccc(-c2ccc(Cl)cc2Cl)o1)c1ccc(Br)cc1. The Morgan fingerprint density at radius 3 is 2.46 bits per heavy atom. The summed E-state index contributed by atoms with van der Waals surface area (Å²) in [5.74, 6) is 1.20. The molecule has 0 bridgehead atoms. The summed E-state index contributed by atoms with van der Waals surface area (Å²) in [6.07, 6.45) is 1.70. The summed E-state index contributed by atoms with van der Waals surface area (Å²) in [6.45, 7) is 0. The molecule has 2 nitrogen and oxygen atoms in total. The van der Waals surface area contributed by atoms with Crippen LogP contribution in [0.4, 0.5) is 0 Å². The summed E-state index contributed by atoms with van der Waals surface area (Å²) >= 11 is 15.5. The normalized spacial score (nSPS) is 11.3. The van der Waals surface area contributed by atoms with Crippen LogP contribution in [0.25, 0.3) is 23.0 Å². The third-order valence-electron chi connectivity index (χ3n) is 3.39. The van der Waals surface area contributed by atoms with Gasteiger partial charge in [-0.05, 0) is 54.1 Å². The van der Waals surface area contributed by atoms with Crippen molar-refractivity contribution in [3.05, 3.63) is 80.4 Å². The molecule has 0 saturated heterocycles. The van der Waals surface area contributed by atoms with Gasteiger partial charge in [-0.25, -0.2) is 0 Å². The highest BCUT2D eigenvalue weighted by molar-refractivity contribution is 9.10. The van der Waals surface area contributed by atoms with Crippen molar-refractivity contribution in [1.29, 1.82) is 5.26 Å². The Balaban J connectivity index is 1.95. The fourth-order valence-electron chi connectivity index (χ4n) is 2.22. The number of rotatable bonds is 3. The van der Waals surface area contributed by atoms with E-state index >= 15 is 0 Å². The summed E-state index contributed by atoms with van der Waals surface area (Å²) in [5.41, 5.74) is 2.09. The average Bonchev–Trinajstić information content (AvgIpc) is 3.02. The van der Waals surface area contributed by atoms with Gasteiger partial charge >= 0.3 is 0 Å². The highest BCUT2D eigenvalue weighted by atomic mass is 79.9. The van der Waals surface area contributed by atoms with Crippen LogP contribution in [0.5, 0.6) is 0 Å². The van der Waals surface area contributed by atoms with Gasteiger partial charge in [0.15, 0.2) is 0 Å². The Hall–Kier alpha value is -1.99. The molecule has 0 N–H and O–H groups in total. The molecule has 2 aromatic carbocycles. The molecule has 0 aliphatic heterocycles. The monoisotopic (exact) mass is 417 g/mol. The van der Waals surface area contributed by atoms with E-state index in [9.17, 15) is 5.26 Å².